The Morgan fingerprint density at radius 3 is 2.50 bits per heavy atom. The quantitative estimate of drug-likeness (QED) is 0.610. The zero-order chi connectivity index (χ0) is 16.1. The van der Waals surface area contributed by atoms with Crippen LogP contribution in [-0.4, -0.2) is 33.3 Å². The Hall–Kier alpha value is -2.64. The number of hydrazone groups is 1. The van der Waals surface area contributed by atoms with Crippen molar-refractivity contribution < 1.29 is 23.7 Å². The van der Waals surface area contributed by atoms with Crippen molar-refractivity contribution in [3.63, 3.8) is 0 Å². The van der Waals surface area contributed by atoms with E-state index in [1.165, 1.54) is 13.3 Å². The first-order chi connectivity index (χ1) is 10.6. The maximum absolute atomic E-state index is 10.8. The van der Waals surface area contributed by atoms with E-state index in [9.17, 15) is 4.79 Å². The molecule has 1 aliphatic heterocycles. The summed E-state index contributed by atoms with van der Waals surface area (Å²) in [6, 6.07) is -0.750. The molecular formula is C14H19N3O5. The highest BCUT2D eigenvalue weighted by atomic mass is 16.7. The second-order valence-corrected chi connectivity index (χ2v) is 4.51. The molecule has 8 heteroatoms. The normalized spacial score (nSPS) is 12.5. The number of hydrogen-bond donors (Lipinski definition) is 2. The highest BCUT2D eigenvalue weighted by Crippen LogP contribution is 2.51. The lowest BCUT2D eigenvalue weighted by Crippen LogP contribution is -2.24. The number of primary amides is 1. The van der Waals surface area contributed by atoms with E-state index in [2.05, 4.69) is 10.5 Å². The Balaban J connectivity index is 2.61. The minimum Gasteiger partial charge on any atom is -0.492 e. The lowest BCUT2D eigenvalue weighted by molar-refractivity contribution is 0.168. The smallest absolute Gasteiger partial charge is 0.332 e. The molecule has 0 unspecified atom stereocenters. The van der Waals surface area contributed by atoms with E-state index in [0.717, 1.165) is 12.0 Å². The third-order valence-electron chi connectivity index (χ3n) is 3.15. The van der Waals surface area contributed by atoms with Gasteiger partial charge in [0.05, 0.1) is 20.4 Å². The van der Waals surface area contributed by atoms with Gasteiger partial charge in [-0.3, -0.25) is 0 Å². The van der Waals surface area contributed by atoms with Gasteiger partial charge in [0.1, 0.15) is 0 Å². The summed E-state index contributed by atoms with van der Waals surface area (Å²) in [5.41, 5.74) is 8.68. The molecule has 1 aromatic carbocycles. The van der Waals surface area contributed by atoms with Crippen LogP contribution in [0.3, 0.4) is 0 Å². The van der Waals surface area contributed by atoms with Crippen molar-refractivity contribution in [2.75, 3.05) is 21.0 Å². The van der Waals surface area contributed by atoms with Gasteiger partial charge < -0.3 is 24.7 Å². The third kappa shape index (κ3) is 2.85. The van der Waals surface area contributed by atoms with E-state index in [1.807, 2.05) is 6.92 Å². The first-order valence-corrected chi connectivity index (χ1v) is 6.78. The fourth-order valence-corrected chi connectivity index (χ4v) is 2.35. The number of rotatable bonds is 6. The summed E-state index contributed by atoms with van der Waals surface area (Å²) in [5, 5.41) is 3.81. The maximum atomic E-state index is 10.8. The van der Waals surface area contributed by atoms with Crippen molar-refractivity contribution in [3.8, 4) is 23.0 Å². The Morgan fingerprint density at radius 1 is 1.32 bits per heavy atom. The minimum atomic E-state index is -0.750. The molecule has 0 bridgehead atoms. The minimum absolute atomic E-state index is 0.0910. The number of carbonyl (C=O) groups is 1. The van der Waals surface area contributed by atoms with E-state index < -0.39 is 6.03 Å². The summed E-state index contributed by atoms with van der Waals surface area (Å²) in [6.07, 6.45) is 3.05. The first kappa shape index (κ1) is 15.7. The number of methoxy groups -OCH3 is 2. The van der Waals surface area contributed by atoms with Gasteiger partial charge in [-0.05, 0) is 6.42 Å². The molecular weight excluding hydrogens is 290 g/mol. The van der Waals surface area contributed by atoms with Crippen LogP contribution in [0.5, 0.6) is 23.0 Å². The molecule has 0 aliphatic carbocycles. The van der Waals surface area contributed by atoms with Crippen LogP contribution in [0, 0.1) is 0 Å². The van der Waals surface area contributed by atoms with Gasteiger partial charge in [0.2, 0.25) is 18.3 Å². The van der Waals surface area contributed by atoms with Crippen molar-refractivity contribution >= 4 is 12.2 Å². The fraction of sp³-hybridized carbons (Fsp3) is 0.429. The molecule has 0 saturated carbocycles. The van der Waals surface area contributed by atoms with Gasteiger partial charge in [-0.15, -0.1) is 0 Å². The number of nitrogens with two attached hydrogens (primary N) is 1. The van der Waals surface area contributed by atoms with E-state index in [-0.39, 0.29) is 6.79 Å². The number of hydrogen-bond acceptors (Lipinski definition) is 6. The van der Waals surface area contributed by atoms with Crippen LogP contribution in [0.15, 0.2) is 5.10 Å². The number of nitrogens with one attached hydrogen (secondary N) is 1. The topological polar surface area (TPSA) is 104 Å². The highest BCUT2D eigenvalue weighted by Gasteiger charge is 2.30. The van der Waals surface area contributed by atoms with Crippen LogP contribution >= 0.6 is 0 Å². The molecule has 3 N–H and O–H groups in total. The second-order valence-electron chi connectivity index (χ2n) is 4.51. The van der Waals surface area contributed by atoms with Crippen LogP contribution in [0.1, 0.15) is 24.5 Å². The fourth-order valence-electron chi connectivity index (χ4n) is 2.35. The van der Waals surface area contributed by atoms with Crippen molar-refractivity contribution in [1.82, 2.24) is 5.43 Å². The SMILES string of the molecule is CCCc1c(/C=N\NC(N)=O)c(OC)c2c(c1OC)OCO2. The zero-order valence-electron chi connectivity index (χ0n) is 12.8. The molecule has 1 aliphatic rings. The molecule has 120 valence electrons. The van der Waals surface area contributed by atoms with Crippen molar-refractivity contribution in [2.24, 2.45) is 10.8 Å². The van der Waals surface area contributed by atoms with Crippen molar-refractivity contribution in [1.29, 1.82) is 0 Å². The molecule has 8 nitrogen and oxygen atoms in total. The van der Waals surface area contributed by atoms with Crippen LogP contribution < -0.4 is 30.1 Å². The molecule has 0 saturated heterocycles. The van der Waals surface area contributed by atoms with E-state index in [0.29, 0.717) is 35.0 Å². The predicted octanol–water partition coefficient (Wildman–Crippen LogP) is 1.39. The summed E-state index contributed by atoms with van der Waals surface area (Å²) < 4.78 is 21.9. The molecule has 0 aromatic heterocycles. The van der Waals surface area contributed by atoms with Gasteiger partial charge >= 0.3 is 6.03 Å². The Morgan fingerprint density at radius 2 is 1.95 bits per heavy atom. The van der Waals surface area contributed by atoms with Crippen LogP contribution in [0.25, 0.3) is 0 Å². The van der Waals surface area contributed by atoms with Gasteiger partial charge in [-0.1, -0.05) is 13.3 Å². The molecule has 0 atom stereocenters. The van der Waals surface area contributed by atoms with Crippen molar-refractivity contribution in [2.45, 2.75) is 19.8 Å². The number of nitrogens with zero attached hydrogens (tertiary/aromatic N) is 1. The molecule has 0 fully saturated rings. The van der Waals surface area contributed by atoms with Crippen LogP contribution in [0.4, 0.5) is 4.79 Å². The van der Waals surface area contributed by atoms with Gasteiger partial charge in [-0.2, -0.15) is 5.10 Å². The molecule has 22 heavy (non-hydrogen) atoms. The standard InChI is InChI=1S/C14H19N3O5/c1-4-5-8-9(6-16-17-14(15)18)11(20-3)13-12(10(8)19-2)21-7-22-13/h6H,4-5,7H2,1-3H3,(H3,15,17,18)/b16-6-. The lowest BCUT2D eigenvalue weighted by atomic mass is 10.00. The number of benzene rings is 1. The molecule has 0 radical (unpaired) electrons. The van der Waals surface area contributed by atoms with E-state index in [4.69, 9.17) is 24.7 Å². The first-order valence-electron chi connectivity index (χ1n) is 6.78. The molecule has 0 spiro atoms. The maximum Gasteiger partial charge on any atom is 0.332 e. The summed E-state index contributed by atoms with van der Waals surface area (Å²) in [4.78, 5) is 10.8. The predicted molar refractivity (Wildman–Crippen MR) is 80.0 cm³/mol. The largest absolute Gasteiger partial charge is 0.492 e. The van der Waals surface area contributed by atoms with Gasteiger partial charge in [0, 0.05) is 11.1 Å². The third-order valence-corrected chi connectivity index (χ3v) is 3.15. The highest BCUT2D eigenvalue weighted by molar-refractivity contribution is 5.91. The van der Waals surface area contributed by atoms with Gasteiger partial charge in [0.25, 0.3) is 0 Å². The zero-order valence-corrected chi connectivity index (χ0v) is 12.8. The summed E-state index contributed by atoms with van der Waals surface area (Å²) >= 11 is 0. The number of urea groups is 1. The number of ether oxygens (including phenoxy) is 4. The van der Waals surface area contributed by atoms with Gasteiger partial charge in [0.15, 0.2) is 11.5 Å². The average molecular weight is 309 g/mol. The summed E-state index contributed by atoms with van der Waals surface area (Å²) in [7, 11) is 3.09. The van der Waals surface area contributed by atoms with Crippen LogP contribution in [-0.2, 0) is 6.42 Å². The summed E-state index contributed by atoms with van der Waals surface area (Å²) in [5.74, 6) is 2.03. The lowest BCUT2D eigenvalue weighted by Gasteiger charge is -2.17. The Labute approximate surface area is 128 Å². The van der Waals surface area contributed by atoms with E-state index >= 15 is 0 Å². The average Bonchev–Trinajstić information content (AvgIpc) is 2.96. The molecule has 2 amide bonds. The summed E-state index contributed by atoms with van der Waals surface area (Å²) in [6.45, 7) is 2.13. The monoisotopic (exact) mass is 309 g/mol. The second kappa shape index (κ2) is 6.88. The van der Waals surface area contributed by atoms with Crippen LogP contribution in [0.2, 0.25) is 0 Å². The van der Waals surface area contributed by atoms with Crippen molar-refractivity contribution in [3.05, 3.63) is 11.1 Å². The molecule has 1 aromatic rings. The molecule has 1 heterocycles. The van der Waals surface area contributed by atoms with Gasteiger partial charge in [-0.25, -0.2) is 10.2 Å². The molecule has 2 rings (SSSR count). The Kier molecular flexibility index (Phi) is 4.92. The number of carbonyl (C=O) groups excluding carboxylic acids is 1. The van der Waals surface area contributed by atoms with E-state index in [1.54, 1.807) is 7.11 Å². The Bertz CT molecular complexity index is 601. The number of amides is 2. The number of fused-ring (bicyclic) bond motifs is 1.